The van der Waals surface area contributed by atoms with Crippen LogP contribution >= 0.6 is 0 Å². The Balaban J connectivity index is 2.10. The number of urea groups is 1. The van der Waals surface area contributed by atoms with Gasteiger partial charge in [-0.25, -0.2) is 4.79 Å². The molecule has 19 heavy (non-hydrogen) atoms. The predicted octanol–water partition coefficient (Wildman–Crippen LogP) is 1.61. The minimum absolute atomic E-state index is 0.0723. The fourth-order valence-electron chi connectivity index (χ4n) is 2.81. The van der Waals surface area contributed by atoms with Crippen LogP contribution in [-0.2, 0) is 4.79 Å². The number of imide groups is 1. The van der Waals surface area contributed by atoms with E-state index in [4.69, 9.17) is 5.73 Å². The minimum Gasteiger partial charge on any atom is -0.326 e. The summed E-state index contributed by atoms with van der Waals surface area (Å²) in [6.45, 7) is 6.36. The average molecular weight is 267 g/mol. The van der Waals surface area contributed by atoms with Crippen molar-refractivity contribution < 1.29 is 9.59 Å². The molecular weight excluding hydrogens is 242 g/mol. The molecule has 0 aromatic carbocycles. The summed E-state index contributed by atoms with van der Waals surface area (Å²) in [5, 5.41) is 2.91. The summed E-state index contributed by atoms with van der Waals surface area (Å²) in [6, 6.07) is -0.479. The van der Waals surface area contributed by atoms with Crippen molar-refractivity contribution in [2.24, 2.45) is 11.1 Å². The molecule has 1 saturated heterocycles. The number of nitrogens with two attached hydrogens (primary N) is 1. The van der Waals surface area contributed by atoms with Crippen LogP contribution in [0.1, 0.15) is 52.9 Å². The molecule has 2 aliphatic rings. The first-order chi connectivity index (χ1) is 8.76. The van der Waals surface area contributed by atoms with E-state index in [1.54, 1.807) is 0 Å². The van der Waals surface area contributed by atoms with Gasteiger partial charge in [0.05, 0.1) is 0 Å². The Morgan fingerprint density at radius 3 is 2.37 bits per heavy atom. The van der Waals surface area contributed by atoms with Crippen molar-refractivity contribution >= 4 is 11.9 Å². The van der Waals surface area contributed by atoms with Gasteiger partial charge in [0.2, 0.25) is 0 Å². The fourth-order valence-corrected chi connectivity index (χ4v) is 2.81. The van der Waals surface area contributed by atoms with E-state index in [0.29, 0.717) is 6.54 Å². The van der Waals surface area contributed by atoms with Crippen LogP contribution in [0.15, 0.2) is 0 Å². The zero-order chi connectivity index (χ0) is 14.3. The Hall–Kier alpha value is -1.10. The monoisotopic (exact) mass is 267 g/mol. The summed E-state index contributed by atoms with van der Waals surface area (Å²) in [4.78, 5) is 25.9. The number of hydrogen-bond donors (Lipinski definition) is 2. The molecule has 2 rings (SSSR count). The lowest BCUT2D eigenvalue weighted by Crippen LogP contribution is -2.50. The maximum Gasteiger partial charge on any atom is 0.325 e. The number of amides is 3. The van der Waals surface area contributed by atoms with Crippen LogP contribution in [0, 0.1) is 5.41 Å². The van der Waals surface area contributed by atoms with E-state index in [1.807, 2.05) is 20.8 Å². The van der Waals surface area contributed by atoms with Crippen molar-refractivity contribution in [3.8, 4) is 0 Å². The molecule has 5 nitrogen and oxygen atoms in total. The summed E-state index contributed by atoms with van der Waals surface area (Å²) in [7, 11) is 0. The van der Waals surface area contributed by atoms with Gasteiger partial charge in [-0.05, 0) is 18.3 Å². The second-order valence-electron chi connectivity index (χ2n) is 6.96. The second kappa shape index (κ2) is 4.78. The molecule has 5 heteroatoms. The first kappa shape index (κ1) is 14.3. The molecule has 1 unspecified atom stereocenters. The van der Waals surface area contributed by atoms with Gasteiger partial charge in [0.15, 0.2) is 0 Å². The van der Waals surface area contributed by atoms with Gasteiger partial charge in [0.1, 0.15) is 5.54 Å². The smallest absolute Gasteiger partial charge is 0.325 e. The van der Waals surface area contributed by atoms with E-state index in [2.05, 4.69) is 5.32 Å². The Labute approximate surface area is 114 Å². The largest absolute Gasteiger partial charge is 0.326 e. The summed E-state index contributed by atoms with van der Waals surface area (Å²) in [5.74, 6) is -0.0723. The Bertz CT molecular complexity index is 381. The highest BCUT2D eigenvalue weighted by molar-refractivity contribution is 6.07. The van der Waals surface area contributed by atoms with Crippen molar-refractivity contribution in [2.75, 3.05) is 6.54 Å². The number of carbonyl (C=O) groups is 2. The molecule has 0 aromatic heterocycles. The molecule has 3 amide bonds. The SMILES string of the molecule is CC(C)(C)C(N)CN1C(=O)NC2(CCCCC2)C1=O. The third kappa shape index (κ3) is 2.61. The van der Waals surface area contributed by atoms with Crippen LogP contribution in [0.25, 0.3) is 0 Å². The van der Waals surface area contributed by atoms with Crippen LogP contribution < -0.4 is 11.1 Å². The van der Waals surface area contributed by atoms with E-state index in [0.717, 1.165) is 32.1 Å². The van der Waals surface area contributed by atoms with Crippen molar-refractivity contribution in [3.63, 3.8) is 0 Å². The molecule has 0 bridgehead atoms. The van der Waals surface area contributed by atoms with E-state index in [9.17, 15) is 9.59 Å². The van der Waals surface area contributed by atoms with Crippen LogP contribution in [-0.4, -0.2) is 35.0 Å². The highest BCUT2D eigenvalue weighted by Crippen LogP contribution is 2.34. The van der Waals surface area contributed by atoms with Crippen LogP contribution in [0.5, 0.6) is 0 Å². The van der Waals surface area contributed by atoms with Crippen molar-refractivity contribution in [1.82, 2.24) is 10.2 Å². The molecule has 1 heterocycles. The molecule has 3 N–H and O–H groups in total. The van der Waals surface area contributed by atoms with Gasteiger partial charge in [0, 0.05) is 12.6 Å². The number of rotatable bonds is 2. The van der Waals surface area contributed by atoms with Gasteiger partial charge in [-0.15, -0.1) is 0 Å². The standard InChI is InChI=1S/C14H25N3O2/c1-13(2,3)10(15)9-17-11(18)14(16-12(17)19)7-5-4-6-8-14/h10H,4-9,15H2,1-3H3,(H,16,19). The summed E-state index contributed by atoms with van der Waals surface area (Å²) >= 11 is 0. The molecule has 1 aliphatic heterocycles. The lowest BCUT2D eigenvalue weighted by Gasteiger charge is -2.32. The maximum atomic E-state index is 12.5. The van der Waals surface area contributed by atoms with Crippen molar-refractivity contribution in [2.45, 2.75) is 64.5 Å². The normalized spacial score (nSPS) is 24.7. The lowest BCUT2D eigenvalue weighted by molar-refractivity contribution is -0.132. The summed E-state index contributed by atoms with van der Waals surface area (Å²) < 4.78 is 0. The second-order valence-corrected chi connectivity index (χ2v) is 6.96. The topological polar surface area (TPSA) is 75.4 Å². The zero-order valence-electron chi connectivity index (χ0n) is 12.2. The van der Waals surface area contributed by atoms with Crippen molar-refractivity contribution in [3.05, 3.63) is 0 Å². The fraction of sp³-hybridized carbons (Fsp3) is 0.857. The Morgan fingerprint density at radius 1 is 1.26 bits per heavy atom. The molecule has 2 fully saturated rings. The molecule has 108 valence electrons. The zero-order valence-corrected chi connectivity index (χ0v) is 12.2. The van der Waals surface area contributed by atoms with E-state index >= 15 is 0 Å². The van der Waals surface area contributed by atoms with Crippen LogP contribution in [0.3, 0.4) is 0 Å². The molecule has 1 atom stereocenters. The van der Waals surface area contributed by atoms with Crippen molar-refractivity contribution in [1.29, 1.82) is 0 Å². The molecule has 1 spiro atoms. The van der Waals surface area contributed by atoms with E-state index in [1.165, 1.54) is 4.90 Å². The van der Waals surface area contributed by atoms with Gasteiger partial charge in [-0.2, -0.15) is 0 Å². The third-order valence-electron chi connectivity index (χ3n) is 4.44. The van der Waals surface area contributed by atoms with Crippen LogP contribution in [0.2, 0.25) is 0 Å². The predicted molar refractivity (Wildman–Crippen MR) is 73.5 cm³/mol. The van der Waals surface area contributed by atoms with Gasteiger partial charge < -0.3 is 11.1 Å². The highest BCUT2D eigenvalue weighted by atomic mass is 16.2. The molecule has 1 aliphatic carbocycles. The van der Waals surface area contributed by atoms with Gasteiger partial charge in [0.25, 0.3) is 5.91 Å². The molecule has 0 radical (unpaired) electrons. The highest BCUT2D eigenvalue weighted by Gasteiger charge is 2.51. The third-order valence-corrected chi connectivity index (χ3v) is 4.44. The average Bonchev–Trinajstić information content (AvgIpc) is 2.54. The van der Waals surface area contributed by atoms with E-state index in [-0.39, 0.29) is 23.4 Å². The first-order valence-corrected chi connectivity index (χ1v) is 7.16. The number of hydrogen-bond acceptors (Lipinski definition) is 3. The molecule has 0 aromatic rings. The first-order valence-electron chi connectivity index (χ1n) is 7.16. The number of nitrogens with one attached hydrogen (secondary N) is 1. The van der Waals surface area contributed by atoms with Gasteiger partial charge in [-0.1, -0.05) is 40.0 Å². The number of nitrogens with zero attached hydrogens (tertiary/aromatic N) is 1. The van der Waals surface area contributed by atoms with Gasteiger partial charge in [-0.3, -0.25) is 9.69 Å². The molecular formula is C14H25N3O2. The maximum absolute atomic E-state index is 12.5. The minimum atomic E-state index is -0.632. The lowest BCUT2D eigenvalue weighted by atomic mass is 9.81. The Morgan fingerprint density at radius 2 is 1.84 bits per heavy atom. The van der Waals surface area contributed by atoms with Crippen LogP contribution in [0.4, 0.5) is 4.79 Å². The summed E-state index contributed by atoms with van der Waals surface area (Å²) in [6.07, 6.45) is 4.68. The quantitative estimate of drug-likeness (QED) is 0.746. The van der Waals surface area contributed by atoms with Gasteiger partial charge >= 0.3 is 6.03 Å². The Kier molecular flexibility index (Phi) is 3.60. The van der Waals surface area contributed by atoms with E-state index < -0.39 is 5.54 Å². The summed E-state index contributed by atoms with van der Waals surface area (Å²) in [5.41, 5.74) is 5.34. The number of carbonyl (C=O) groups excluding carboxylic acids is 2. The molecule has 1 saturated carbocycles.